The number of nitrogens with zero attached hydrogens (tertiary/aromatic N) is 1. The van der Waals surface area contributed by atoms with Crippen molar-refractivity contribution in [1.82, 2.24) is 10.2 Å². The summed E-state index contributed by atoms with van der Waals surface area (Å²) in [6.45, 7) is 7.40. The SMILES string of the molecule is COCCCN(CCOC)CC1CCCNC1. The molecule has 1 aliphatic rings. The summed E-state index contributed by atoms with van der Waals surface area (Å²) >= 11 is 0. The summed E-state index contributed by atoms with van der Waals surface area (Å²) in [4.78, 5) is 2.51. The molecule has 0 aliphatic carbocycles. The molecule has 1 N–H and O–H groups in total. The molecule has 102 valence electrons. The lowest BCUT2D eigenvalue weighted by atomic mass is 9.99. The minimum atomic E-state index is 0.808. The Balaban J connectivity index is 2.22. The van der Waals surface area contributed by atoms with Gasteiger partial charge in [-0.2, -0.15) is 0 Å². The summed E-state index contributed by atoms with van der Waals surface area (Å²) in [6, 6.07) is 0. The first kappa shape index (κ1) is 14.9. The molecule has 17 heavy (non-hydrogen) atoms. The number of hydrogen-bond donors (Lipinski definition) is 1. The summed E-state index contributed by atoms with van der Waals surface area (Å²) in [5, 5.41) is 3.48. The maximum atomic E-state index is 5.18. The van der Waals surface area contributed by atoms with Crippen molar-refractivity contribution in [3.05, 3.63) is 0 Å². The average Bonchev–Trinajstić information content (AvgIpc) is 2.37. The number of rotatable bonds is 9. The van der Waals surface area contributed by atoms with Crippen LogP contribution in [0.3, 0.4) is 0 Å². The van der Waals surface area contributed by atoms with Gasteiger partial charge in [0, 0.05) is 40.5 Å². The van der Waals surface area contributed by atoms with E-state index < -0.39 is 0 Å². The summed E-state index contributed by atoms with van der Waals surface area (Å²) in [7, 11) is 3.54. The van der Waals surface area contributed by atoms with Crippen LogP contribution in [0.15, 0.2) is 0 Å². The van der Waals surface area contributed by atoms with Gasteiger partial charge in [0.2, 0.25) is 0 Å². The molecule has 4 heteroatoms. The van der Waals surface area contributed by atoms with E-state index in [-0.39, 0.29) is 0 Å². The molecule has 4 nitrogen and oxygen atoms in total. The van der Waals surface area contributed by atoms with Gasteiger partial charge in [0.05, 0.1) is 6.61 Å². The van der Waals surface area contributed by atoms with E-state index in [1.54, 1.807) is 14.2 Å². The van der Waals surface area contributed by atoms with Crippen LogP contribution in [0.1, 0.15) is 19.3 Å². The third-order valence-corrected chi connectivity index (χ3v) is 3.35. The smallest absolute Gasteiger partial charge is 0.0589 e. The minimum Gasteiger partial charge on any atom is -0.385 e. The Morgan fingerprint density at radius 3 is 2.65 bits per heavy atom. The van der Waals surface area contributed by atoms with Crippen molar-refractivity contribution in [2.24, 2.45) is 5.92 Å². The second-order valence-electron chi connectivity index (χ2n) is 4.85. The molecule has 1 saturated heterocycles. The Morgan fingerprint density at radius 2 is 2.00 bits per heavy atom. The molecule has 1 fully saturated rings. The molecule has 0 aromatic heterocycles. The molecule has 0 radical (unpaired) electrons. The van der Waals surface area contributed by atoms with Crippen molar-refractivity contribution in [3.63, 3.8) is 0 Å². The van der Waals surface area contributed by atoms with Gasteiger partial charge in [0.25, 0.3) is 0 Å². The number of piperidine rings is 1. The second-order valence-corrected chi connectivity index (χ2v) is 4.85. The first-order valence-electron chi connectivity index (χ1n) is 6.77. The lowest BCUT2D eigenvalue weighted by Crippen LogP contribution is -2.40. The van der Waals surface area contributed by atoms with Gasteiger partial charge in [0.15, 0.2) is 0 Å². The molecule has 0 saturated carbocycles. The molecule has 1 aliphatic heterocycles. The van der Waals surface area contributed by atoms with Gasteiger partial charge in [-0.15, -0.1) is 0 Å². The van der Waals surface area contributed by atoms with Crippen LogP contribution in [0.25, 0.3) is 0 Å². The molecule has 0 amide bonds. The van der Waals surface area contributed by atoms with Crippen molar-refractivity contribution >= 4 is 0 Å². The van der Waals surface area contributed by atoms with Gasteiger partial charge in [-0.25, -0.2) is 0 Å². The number of methoxy groups -OCH3 is 2. The van der Waals surface area contributed by atoms with E-state index in [0.717, 1.165) is 38.6 Å². The van der Waals surface area contributed by atoms with Crippen molar-refractivity contribution in [3.8, 4) is 0 Å². The molecular weight excluding hydrogens is 216 g/mol. The van der Waals surface area contributed by atoms with Crippen LogP contribution in [0.2, 0.25) is 0 Å². The van der Waals surface area contributed by atoms with Crippen LogP contribution in [0.4, 0.5) is 0 Å². The van der Waals surface area contributed by atoms with Gasteiger partial charge in [-0.05, 0) is 38.3 Å². The standard InChI is InChI=1S/C13H28N2O2/c1-16-9-4-7-15(8-10-17-2)12-13-5-3-6-14-11-13/h13-14H,3-12H2,1-2H3. The Bertz CT molecular complexity index is 173. The zero-order valence-corrected chi connectivity index (χ0v) is 11.4. The largest absolute Gasteiger partial charge is 0.385 e. The highest BCUT2D eigenvalue weighted by molar-refractivity contribution is 4.73. The molecule has 0 aromatic rings. The number of ether oxygens (including phenoxy) is 2. The Labute approximate surface area is 106 Å². The second kappa shape index (κ2) is 9.83. The molecule has 0 spiro atoms. The normalized spacial score (nSPS) is 21.0. The molecule has 1 rings (SSSR count). The Morgan fingerprint density at radius 1 is 1.18 bits per heavy atom. The van der Waals surface area contributed by atoms with Gasteiger partial charge in [-0.3, -0.25) is 0 Å². The van der Waals surface area contributed by atoms with Crippen LogP contribution in [0, 0.1) is 5.92 Å². The molecular formula is C13H28N2O2. The van der Waals surface area contributed by atoms with Crippen LogP contribution in [-0.2, 0) is 9.47 Å². The molecule has 0 bridgehead atoms. The van der Waals surface area contributed by atoms with Crippen LogP contribution < -0.4 is 5.32 Å². The lowest BCUT2D eigenvalue weighted by Gasteiger charge is -2.30. The lowest BCUT2D eigenvalue weighted by molar-refractivity contribution is 0.118. The fraction of sp³-hybridized carbons (Fsp3) is 1.00. The van der Waals surface area contributed by atoms with Crippen LogP contribution >= 0.6 is 0 Å². The average molecular weight is 244 g/mol. The van der Waals surface area contributed by atoms with Crippen molar-refractivity contribution in [1.29, 1.82) is 0 Å². The highest BCUT2D eigenvalue weighted by atomic mass is 16.5. The van der Waals surface area contributed by atoms with Crippen LogP contribution in [0.5, 0.6) is 0 Å². The van der Waals surface area contributed by atoms with Gasteiger partial charge >= 0.3 is 0 Å². The maximum Gasteiger partial charge on any atom is 0.0589 e. The zero-order valence-electron chi connectivity index (χ0n) is 11.4. The summed E-state index contributed by atoms with van der Waals surface area (Å²) in [5.41, 5.74) is 0. The number of hydrogen-bond acceptors (Lipinski definition) is 4. The molecule has 1 atom stereocenters. The van der Waals surface area contributed by atoms with Crippen LogP contribution in [-0.4, -0.2) is 65.1 Å². The third kappa shape index (κ3) is 6.99. The monoisotopic (exact) mass is 244 g/mol. The summed E-state index contributed by atoms with van der Waals surface area (Å²) in [6.07, 6.45) is 3.79. The predicted octanol–water partition coefficient (Wildman–Crippen LogP) is 0.971. The van der Waals surface area contributed by atoms with E-state index in [1.165, 1.54) is 32.5 Å². The van der Waals surface area contributed by atoms with E-state index in [2.05, 4.69) is 10.2 Å². The van der Waals surface area contributed by atoms with Gasteiger partial charge < -0.3 is 19.7 Å². The highest BCUT2D eigenvalue weighted by Crippen LogP contribution is 2.11. The summed E-state index contributed by atoms with van der Waals surface area (Å²) < 4.78 is 10.3. The van der Waals surface area contributed by atoms with E-state index in [1.807, 2.05) is 0 Å². The fourth-order valence-corrected chi connectivity index (χ4v) is 2.39. The first-order valence-corrected chi connectivity index (χ1v) is 6.77. The van der Waals surface area contributed by atoms with E-state index in [9.17, 15) is 0 Å². The predicted molar refractivity (Wildman–Crippen MR) is 70.4 cm³/mol. The van der Waals surface area contributed by atoms with E-state index in [0.29, 0.717) is 0 Å². The van der Waals surface area contributed by atoms with E-state index in [4.69, 9.17) is 9.47 Å². The quantitative estimate of drug-likeness (QED) is 0.613. The fourth-order valence-electron chi connectivity index (χ4n) is 2.39. The molecule has 0 aromatic carbocycles. The third-order valence-electron chi connectivity index (χ3n) is 3.35. The van der Waals surface area contributed by atoms with Gasteiger partial charge in [0.1, 0.15) is 0 Å². The van der Waals surface area contributed by atoms with Gasteiger partial charge in [-0.1, -0.05) is 0 Å². The topological polar surface area (TPSA) is 33.7 Å². The van der Waals surface area contributed by atoms with Crippen molar-refractivity contribution in [2.45, 2.75) is 19.3 Å². The highest BCUT2D eigenvalue weighted by Gasteiger charge is 2.16. The molecule has 1 unspecified atom stereocenters. The van der Waals surface area contributed by atoms with Crippen molar-refractivity contribution in [2.75, 3.05) is 60.2 Å². The molecule has 1 heterocycles. The Kier molecular flexibility index (Phi) is 8.61. The van der Waals surface area contributed by atoms with E-state index >= 15 is 0 Å². The minimum absolute atomic E-state index is 0.808. The van der Waals surface area contributed by atoms with Crippen molar-refractivity contribution < 1.29 is 9.47 Å². The Hall–Kier alpha value is -0.160. The number of nitrogens with one attached hydrogen (secondary N) is 1. The zero-order chi connectivity index (χ0) is 12.3. The maximum absolute atomic E-state index is 5.18. The summed E-state index contributed by atoms with van der Waals surface area (Å²) in [5.74, 6) is 0.808. The first-order chi connectivity index (χ1) is 8.36.